The SMILES string of the molecule is CCC(O)(CC)CN(CCC#N)C1CC1. The highest BCUT2D eigenvalue weighted by Gasteiger charge is 2.34. The van der Waals surface area contributed by atoms with Gasteiger partial charge in [0.2, 0.25) is 0 Å². The lowest BCUT2D eigenvalue weighted by Gasteiger charge is -2.32. The Morgan fingerprint density at radius 2 is 2.00 bits per heavy atom. The molecule has 0 aliphatic heterocycles. The van der Waals surface area contributed by atoms with Crippen LogP contribution in [0.1, 0.15) is 46.0 Å². The lowest BCUT2D eigenvalue weighted by atomic mass is 9.96. The Kier molecular flexibility index (Phi) is 4.56. The van der Waals surface area contributed by atoms with E-state index in [9.17, 15) is 5.11 Å². The summed E-state index contributed by atoms with van der Waals surface area (Å²) in [7, 11) is 0. The summed E-state index contributed by atoms with van der Waals surface area (Å²) >= 11 is 0. The first-order valence-electron chi connectivity index (χ1n) is 5.98. The van der Waals surface area contributed by atoms with E-state index in [-0.39, 0.29) is 0 Å². The van der Waals surface area contributed by atoms with Crippen LogP contribution in [0.15, 0.2) is 0 Å². The summed E-state index contributed by atoms with van der Waals surface area (Å²) in [6, 6.07) is 2.81. The van der Waals surface area contributed by atoms with Crippen molar-refractivity contribution in [2.24, 2.45) is 0 Å². The predicted molar refractivity (Wildman–Crippen MR) is 60.4 cm³/mol. The summed E-state index contributed by atoms with van der Waals surface area (Å²) in [6.07, 6.45) is 4.61. The zero-order valence-corrected chi connectivity index (χ0v) is 9.87. The Labute approximate surface area is 92.7 Å². The van der Waals surface area contributed by atoms with Crippen molar-refractivity contribution in [2.75, 3.05) is 13.1 Å². The lowest BCUT2D eigenvalue weighted by molar-refractivity contribution is -0.00518. The van der Waals surface area contributed by atoms with E-state index >= 15 is 0 Å². The highest BCUT2D eigenvalue weighted by Crippen LogP contribution is 2.29. The molecule has 0 saturated heterocycles. The molecule has 1 fully saturated rings. The van der Waals surface area contributed by atoms with E-state index in [2.05, 4.69) is 11.0 Å². The molecule has 0 atom stereocenters. The fraction of sp³-hybridized carbons (Fsp3) is 0.917. The summed E-state index contributed by atoms with van der Waals surface area (Å²) in [5.41, 5.74) is -0.557. The van der Waals surface area contributed by atoms with Crippen LogP contribution >= 0.6 is 0 Å². The largest absolute Gasteiger partial charge is 0.389 e. The van der Waals surface area contributed by atoms with Gasteiger partial charge >= 0.3 is 0 Å². The van der Waals surface area contributed by atoms with Crippen molar-refractivity contribution >= 4 is 0 Å². The van der Waals surface area contributed by atoms with E-state index in [0.717, 1.165) is 25.9 Å². The standard InChI is InChI=1S/C12H22N2O/c1-3-12(15,4-2)10-14(9-5-8-13)11-6-7-11/h11,15H,3-7,9-10H2,1-2H3. The van der Waals surface area contributed by atoms with Crippen molar-refractivity contribution in [1.29, 1.82) is 5.26 Å². The van der Waals surface area contributed by atoms with Gasteiger partial charge in [0.1, 0.15) is 0 Å². The maximum atomic E-state index is 10.3. The van der Waals surface area contributed by atoms with Gasteiger partial charge in [0.25, 0.3) is 0 Å². The molecule has 3 heteroatoms. The third-order valence-electron chi connectivity index (χ3n) is 3.39. The summed E-state index contributed by atoms with van der Waals surface area (Å²) in [5, 5.41) is 18.8. The van der Waals surface area contributed by atoms with E-state index < -0.39 is 5.60 Å². The summed E-state index contributed by atoms with van der Waals surface area (Å²) < 4.78 is 0. The molecular formula is C12H22N2O. The average molecular weight is 210 g/mol. The first kappa shape index (κ1) is 12.5. The average Bonchev–Trinajstić information content (AvgIpc) is 3.07. The van der Waals surface area contributed by atoms with Crippen molar-refractivity contribution in [1.82, 2.24) is 4.90 Å². The molecule has 1 aliphatic rings. The first-order chi connectivity index (χ1) is 7.15. The second-order valence-corrected chi connectivity index (χ2v) is 4.54. The molecule has 0 amide bonds. The topological polar surface area (TPSA) is 47.3 Å². The van der Waals surface area contributed by atoms with E-state index in [0.29, 0.717) is 12.5 Å². The van der Waals surface area contributed by atoms with Crippen LogP contribution in [0.3, 0.4) is 0 Å². The number of nitriles is 1. The van der Waals surface area contributed by atoms with Crippen molar-refractivity contribution in [3.63, 3.8) is 0 Å². The van der Waals surface area contributed by atoms with Crippen LogP contribution in [0.4, 0.5) is 0 Å². The van der Waals surface area contributed by atoms with Gasteiger partial charge in [-0.05, 0) is 25.7 Å². The summed E-state index contributed by atoms with van der Waals surface area (Å²) in [4.78, 5) is 2.29. The fourth-order valence-corrected chi connectivity index (χ4v) is 1.88. The highest BCUT2D eigenvalue weighted by atomic mass is 16.3. The van der Waals surface area contributed by atoms with Gasteiger partial charge in [-0.2, -0.15) is 5.26 Å². The molecular weight excluding hydrogens is 188 g/mol. The van der Waals surface area contributed by atoms with E-state index in [1.807, 2.05) is 13.8 Å². The van der Waals surface area contributed by atoms with Gasteiger partial charge in [-0.3, -0.25) is 4.90 Å². The Hall–Kier alpha value is -0.590. The fourth-order valence-electron chi connectivity index (χ4n) is 1.88. The first-order valence-corrected chi connectivity index (χ1v) is 5.98. The maximum absolute atomic E-state index is 10.3. The third kappa shape index (κ3) is 3.81. The van der Waals surface area contributed by atoms with Gasteiger partial charge in [0, 0.05) is 25.6 Å². The van der Waals surface area contributed by atoms with Crippen molar-refractivity contribution in [2.45, 2.75) is 57.6 Å². The molecule has 0 bridgehead atoms. The van der Waals surface area contributed by atoms with Crippen LogP contribution in [0.2, 0.25) is 0 Å². The Morgan fingerprint density at radius 3 is 2.40 bits per heavy atom. The lowest BCUT2D eigenvalue weighted by Crippen LogP contribution is -2.43. The van der Waals surface area contributed by atoms with E-state index in [1.165, 1.54) is 12.8 Å². The summed E-state index contributed by atoms with van der Waals surface area (Å²) in [6.45, 7) is 5.59. The Bertz CT molecular complexity index is 226. The van der Waals surface area contributed by atoms with Gasteiger partial charge in [-0.25, -0.2) is 0 Å². The molecule has 1 N–H and O–H groups in total. The molecule has 1 aliphatic carbocycles. The molecule has 0 heterocycles. The van der Waals surface area contributed by atoms with Gasteiger partial charge in [-0.15, -0.1) is 0 Å². The molecule has 1 rings (SSSR count). The molecule has 1 saturated carbocycles. The van der Waals surface area contributed by atoms with E-state index in [1.54, 1.807) is 0 Å². The molecule has 86 valence electrons. The zero-order valence-electron chi connectivity index (χ0n) is 9.87. The van der Waals surface area contributed by atoms with Crippen LogP contribution < -0.4 is 0 Å². The molecule has 0 aromatic rings. The van der Waals surface area contributed by atoms with Crippen LogP contribution in [0, 0.1) is 11.3 Å². The zero-order chi connectivity index (χ0) is 11.3. The van der Waals surface area contributed by atoms with Crippen molar-refractivity contribution in [3.8, 4) is 6.07 Å². The number of hydrogen-bond acceptors (Lipinski definition) is 3. The Morgan fingerprint density at radius 1 is 1.40 bits per heavy atom. The third-order valence-corrected chi connectivity index (χ3v) is 3.39. The predicted octanol–water partition coefficient (Wildman–Crippen LogP) is 1.92. The molecule has 0 aromatic carbocycles. The van der Waals surface area contributed by atoms with Crippen molar-refractivity contribution < 1.29 is 5.11 Å². The number of hydrogen-bond donors (Lipinski definition) is 1. The minimum Gasteiger partial charge on any atom is -0.389 e. The Balaban J connectivity index is 2.46. The van der Waals surface area contributed by atoms with Crippen LogP contribution in [-0.2, 0) is 0 Å². The number of aliphatic hydroxyl groups is 1. The summed E-state index contributed by atoms with van der Waals surface area (Å²) in [5.74, 6) is 0. The molecule has 3 nitrogen and oxygen atoms in total. The molecule has 0 aromatic heterocycles. The molecule has 0 spiro atoms. The molecule has 0 radical (unpaired) electrons. The number of nitrogens with zero attached hydrogens (tertiary/aromatic N) is 2. The van der Waals surface area contributed by atoms with Gasteiger partial charge in [-0.1, -0.05) is 13.8 Å². The normalized spacial score (nSPS) is 16.7. The highest BCUT2D eigenvalue weighted by molar-refractivity contribution is 4.91. The van der Waals surface area contributed by atoms with Crippen LogP contribution in [0.5, 0.6) is 0 Å². The monoisotopic (exact) mass is 210 g/mol. The quantitative estimate of drug-likeness (QED) is 0.698. The second kappa shape index (κ2) is 5.48. The minimum atomic E-state index is -0.557. The van der Waals surface area contributed by atoms with Crippen LogP contribution in [-0.4, -0.2) is 34.7 Å². The van der Waals surface area contributed by atoms with E-state index in [4.69, 9.17) is 5.26 Å². The smallest absolute Gasteiger partial charge is 0.0769 e. The van der Waals surface area contributed by atoms with Crippen molar-refractivity contribution in [3.05, 3.63) is 0 Å². The molecule has 0 unspecified atom stereocenters. The minimum absolute atomic E-state index is 0.557. The van der Waals surface area contributed by atoms with Gasteiger partial charge < -0.3 is 5.11 Å². The van der Waals surface area contributed by atoms with Gasteiger partial charge in [0.05, 0.1) is 11.7 Å². The van der Waals surface area contributed by atoms with Crippen LogP contribution in [0.25, 0.3) is 0 Å². The second-order valence-electron chi connectivity index (χ2n) is 4.54. The maximum Gasteiger partial charge on any atom is 0.0769 e. The number of rotatable bonds is 7. The van der Waals surface area contributed by atoms with Gasteiger partial charge in [0.15, 0.2) is 0 Å². The molecule has 15 heavy (non-hydrogen) atoms.